The maximum Gasteiger partial charge on any atom is 0.253 e. The summed E-state index contributed by atoms with van der Waals surface area (Å²) >= 11 is 0. The zero-order valence-corrected chi connectivity index (χ0v) is 11.3. The Balaban J connectivity index is 2.14. The maximum atomic E-state index is 14.1. The van der Waals surface area contributed by atoms with Crippen molar-refractivity contribution in [2.45, 2.75) is 6.04 Å². The predicted molar refractivity (Wildman–Crippen MR) is 75.2 cm³/mol. The van der Waals surface area contributed by atoms with Gasteiger partial charge in [-0.25, -0.2) is 4.39 Å². The first-order valence-electron chi connectivity index (χ1n) is 6.47. The summed E-state index contributed by atoms with van der Waals surface area (Å²) in [6, 6.07) is 3.22. The van der Waals surface area contributed by atoms with E-state index in [1.165, 1.54) is 17.0 Å². The van der Waals surface area contributed by atoms with E-state index in [1.807, 2.05) is 0 Å². The number of amides is 2. The lowest BCUT2D eigenvalue weighted by Crippen LogP contribution is -2.42. The van der Waals surface area contributed by atoms with E-state index in [0.717, 1.165) is 6.07 Å². The lowest BCUT2D eigenvalue weighted by Gasteiger charge is -2.27. The van der Waals surface area contributed by atoms with Crippen molar-refractivity contribution < 1.29 is 18.7 Å². The molecule has 0 aromatic heterocycles. The monoisotopic (exact) mass is 296 g/mol. The highest BCUT2D eigenvalue weighted by Crippen LogP contribution is 2.24. The van der Waals surface area contributed by atoms with Crippen LogP contribution in [0.4, 0.5) is 15.8 Å². The molecule has 0 aliphatic carbocycles. The molecule has 1 aromatic rings. The van der Waals surface area contributed by atoms with Crippen molar-refractivity contribution in [2.24, 2.45) is 11.5 Å². The molecule has 0 spiro atoms. The molecule has 0 saturated carbocycles. The zero-order chi connectivity index (χ0) is 15.4. The molecule has 8 heteroatoms. The van der Waals surface area contributed by atoms with Gasteiger partial charge < -0.3 is 26.4 Å². The average Bonchev–Trinajstić information content (AvgIpc) is 2.47. The number of carbonyl (C=O) groups excluding carboxylic acids is 2. The van der Waals surface area contributed by atoms with Crippen LogP contribution in [0, 0.1) is 5.82 Å². The van der Waals surface area contributed by atoms with Crippen LogP contribution >= 0.6 is 0 Å². The van der Waals surface area contributed by atoms with Gasteiger partial charge in [0.2, 0.25) is 5.91 Å². The predicted octanol–water partition coefficient (Wildman–Crippen LogP) is -0.587. The number of anilines is 2. The molecule has 1 fully saturated rings. The highest BCUT2D eigenvalue weighted by molar-refractivity contribution is 5.97. The highest BCUT2D eigenvalue weighted by Gasteiger charge is 2.23. The molecule has 0 bridgehead atoms. The SMILES string of the molecule is NC[C@@H](N)C(=O)Nc1ccc(N2CCOCC2=O)c(F)c1. The maximum absolute atomic E-state index is 14.1. The number of benzene rings is 1. The topological polar surface area (TPSA) is 111 Å². The van der Waals surface area contributed by atoms with Gasteiger partial charge in [-0.3, -0.25) is 9.59 Å². The third-order valence-electron chi connectivity index (χ3n) is 3.08. The van der Waals surface area contributed by atoms with Crippen LogP contribution in [0.3, 0.4) is 0 Å². The summed E-state index contributed by atoms with van der Waals surface area (Å²) < 4.78 is 19.1. The number of hydrogen-bond acceptors (Lipinski definition) is 5. The molecule has 0 unspecified atom stereocenters. The second-order valence-corrected chi connectivity index (χ2v) is 4.60. The molecule has 5 N–H and O–H groups in total. The normalized spacial score (nSPS) is 16.7. The molecule has 114 valence electrons. The van der Waals surface area contributed by atoms with E-state index >= 15 is 0 Å². The first kappa shape index (κ1) is 15.4. The van der Waals surface area contributed by atoms with Crippen molar-refractivity contribution in [3.8, 4) is 0 Å². The quantitative estimate of drug-likeness (QED) is 0.688. The van der Waals surface area contributed by atoms with E-state index in [9.17, 15) is 14.0 Å². The molecular weight excluding hydrogens is 279 g/mol. The molecule has 1 aromatic carbocycles. The van der Waals surface area contributed by atoms with Gasteiger partial charge in [-0.1, -0.05) is 0 Å². The summed E-state index contributed by atoms with van der Waals surface area (Å²) in [6.45, 7) is 0.576. The Bertz CT molecular complexity index is 552. The smallest absolute Gasteiger partial charge is 0.253 e. The molecule has 2 rings (SSSR count). The van der Waals surface area contributed by atoms with Gasteiger partial charge in [0, 0.05) is 18.8 Å². The Morgan fingerprint density at radius 2 is 2.29 bits per heavy atom. The molecule has 7 nitrogen and oxygen atoms in total. The van der Waals surface area contributed by atoms with Gasteiger partial charge in [0.05, 0.1) is 18.3 Å². The van der Waals surface area contributed by atoms with Crippen molar-refractivity contribution in [3.05, 3.63) is 24.0 Å². The molecule has 21 heavy (non-hydrogen) atoms. The number of nitrogens with two attached hydrogens (primary N) is 2. The fourth-order valence-electron chi connectivity index (χ4n) is 1.92. The van der Waals surface area contributed by atoms with Crippen molar-refractivity contribution in [3.63, 3.8) is 0 Å². The second-order valence-electron chi connectivity index (χ2n) is 4.60. The third-order valence-corrected chi connectivity index (χ3v) is 3.08. The number of carbonyl (C=O) groups is 2. The summed E-state index contributed by atoms with van der Waals surface area (Å²) in [7, 11) is 0. The molecule has 1 heterocycles. The van der Waals surface area contributed by atoms with Crippen LogP contribution in [0.15, 0.2) is 18.2 Å². The molecule has 1 aliphatic rings. The molecule has 1 atom stereocenters. The molecule has 2 amide bonds. The van der Waals surface area contributed by atoms with E-state index in [4.69, 9.17) is 16.2 Å². The number of hydrogen-bond donors (Lipinski definition) is 3. The Morgan fingerprint density at radius 3 is 2.90 bits per heavy atom. The molecule has 1 saturated heterocycles. The minimum Gasteiger partial charge on any atom is -0.370 e. The van der Waals surface area contributed by atoms with Crippen LogP contribution in [0.5, 0.6) is 0 Å². The first-order valence-corrected chi connectivity index (χ1v) is 6.47. The minimum absolute atomic E-state index is 0.00528. The standard InChI is InChI=1S/C13H17FN4O3/c14-9-5-8(17-13(20)10(16)6-15)1-2-11(9)18-3-4-21-7-12(18)19/h1-2,5,10H,3-4,6-7,15-16H2,(H,17,20)/t10-/m1/s1. The van der Waals surface area contributed by atoms with Crippen LogP contribution in [-0.4, -0.2) is 44.2 Å². The summed E-state index contributed by atoms with van der Waals surface area (Å²) in [5.41, 5.74) is 11.2. The van der Waals surface area contributed by atoms with Gasteiger partial charge in [-0.2, -0.15) is 0 Å². The Morgan fingerprint density at radius 1 is 1.52 bits per heavy atom. The van der Waals surface area contributed by atoms with Gasteiger partial charge in [0.25, 0.3) is 5.91 Å². The Labute approximate surface area is 121 Å². The van der Waals surface area contributed by atoms with Gasteiger partial charge >= 0.3 is 0 Å². The van der Waals surface area contributed by atoms with E-state index in [-0.39, 0.29) is 30.4 Å². The third kappa shape index (κ3) is 3.54. The molecular formula is C13H17FN4O3. The average molecular weight is 296 g/mol. The Hall–Kier alpha value is -2.03. The number of rotatable bonds is 4. The first-order chi connectivity index (χ1) is 10.0. The summed E-state index contributed by atoms with van der Waals surface area (Å²) in [5.74, 6) is -1.40. The van der Waals surface area contributed by atoms with E-state index < -0.39 is 17.8 Å². The Kier molecular flexibility index (Phi) is 4.84. The fraction of sp³-hybridized carbons (Fsp3) is 0.385. The summed E-state index contributed by atoms with van der Waals surface area (Å²) in [6.07, 6.45) is 0. The van der Waals surface area contributed by atoms with Crippen LogP contribution in [-0.2, 0) is 14.3 Å². The molecule has 0 radical (unpaired) electrons. The van der Waals surface area contributed by atoms with Crippen molar-refractivity contribution in [1.29, 1.82) is 0 Å². The highest BCUT2D eigenvalue weighted by atomic mass is 19.1. The van der Waals surface area contributed by atoms with Gasteiger partial charge in [0.1, 0.15) is 12.4 Å². The number of morpholine rings is 1. The second kappa shape index (κ2) is 6.61. The van der Waals surface area contributed by atoms with Crippen LogP contribution in [0.2, 0.25) is 0 Å². The number of nitrogens with one attached hydrogen (secondary N) is 1. The van der Waals surface area contributed by atoms with Gasteiger partial charge in [-0.05, 0) is 18.2 Å². The summed E-state index contributed by atoms with van der Waals surface area (Å²) in [5, 5.41) is 2.46. The summed E-state index contributed by atoms with van der Waals surface area (Å²) in [4.78, 5) is 24.6. The van der Waals surface area contributed by atoms with Crippen molar-refractivity contribution in [2.75, 3.05) is 36.5 Å². The van der Waals surface area contributed by atoms with Gasteiger partial charge in [-0.15, -0.1) is 0 Å². The number of ether oxygens (including phenoxy) is 1. The largest absolute Gasteiger partial charge is 0.370 e. The van der Waals surface area contributed by atoms with E-state index in [2.05, 4.69) is 5.32 Å². The lowest BCUT2D eigenvalue weighted by molar-refractivity contribution is -0.125. The van der Waals surface area contributed by atoms with E-state index in [0.29, 0.717) is 13.2 Å². The lowest BCUT2D eigenvalue weighted by atomic mass is 10.2. The fourth-order valence-corrected chi connectivity index (χ4v) is 1.92. The van der Waals surface area contributed by atoms with Crippen LogP contribution < -0.4 is 21.7 Å². The molecule has 1 aliphatic heterocycles. The number of halogens is 1. The van der Waals surface area contributed by atoms with Gasteiger partial charge in [0.15, 0.2) is 0 Å². The zero-order valence-electron chi connectivity index (χ0n) is 11.3. The van der Waals surface area contributed by atoms with E-state index in [1.54, 1.807) is 0 Å². The van der Waals surface area contributed by atoms with Crippen LogP contribution in [0.1, 0.15) is 0 Å². The number of nitrogens with zero attached hydrogens (tertiary/aromatic N) is 1. The minimum atomic E-state index is -0.853. The van der Waals surface area contributed by atoms with Crippen LogP contribution in [0.25, 0.3) is 0 Å². The van der Waals surface area contributed by atoms with Crippen molar-refractivity contribution >= 4 is 23.2 Å². The van der Waals surface area contributed by atoms with Crippen molar-refractivity contribution in [1.82, 2.24) is 0 Å².